The lowest BCUT2D eigenvalue weighted by molar-refractivity contribution is -0.136. The summed E-state index contributed by atoms with van der Waals surface area (Å²) in [6, 6.07) is 3.86. The number of hydrogen-bond acceptors (Lipinski definition) is 4. The maximum atomic E-state index is 12.6. The molecule has 3 rings (SSSR count). The Bertz CT molecular complexity index is 557. The van der Waals surface area contributed by atoms with E-state index in [4.69, 9.17) is 0 Å². The molecule has 1 aliphatic carbocycles. The number of piperazine rings is 1. The third-order valence-corrected chi connectivity index (χ3v) is 5.02. The van der Waals surface area contributed by atoms with E-state index in [0.29, 0.717) is 13.1 Å². The largest absolute Gasteiger partial charge is 0.347 e. The highest BCUT2D eigenvalue weighted by atomic mass is 16.2. The van der Waals surface area contributed by atoms with E-state index in [-0.39, 0.29) is 30.3 Å². The van der Waals surface area contributed by atoms with Crippen LogP contribution >= 0.6 is 0 Å². The monoisotopic (exact) mass is 330 g/mol. The lowest BCUT2D eigenvalue weighted by Crippen LogP contribution is -2.51. The molecule has 2 heterocycles. The van der Waals surface area contributed by atoms with Crippen molar-refractivity contribution in [2.45, 2.75) is 38.1 Å². The summed E-state index contributed by atoms with van der Waals surface area (Å²) in [5.41, 5.74) is 1.02. The molecule has 2 fully saturated rings. The van der Waals surface area contributed by atoms with E-state index >= 15 is 0 Å². The molecule has 24 heavy (non-hydrogen) atoms. The first-order valence-electron chi connectivity index (χ1n) is 8.93. The van der Waals surface area contributed by atoms with Crippen LogP contribution in [0.1, 0.15) is 43.7 Å². The third-order valence-electron chi connectivity index (χ3n) is 5.02. The Morgan fingerprint density at radius 3 is 2.88 bits per heavy atom. The summed E-state index contributed by atoms with van der Waals surface area (Å²) in [5.74, 6) is 0.106. The SMILES string of the molecule is O=C(NCC(=O)N1CCNCC1c1cccnc1)C1CCCCC1. The van der Waals surface area contributed by atoms with Crippen molar-refractivity contribution in [3.8, 4) is 0 Å². The van der Waals surface area contributed by atoms with Gasteiger partial charge in [-0.15, -0.1) is 0 Å². The molecule has 0 radical (unpaired) electrons. The van der Waals surface area contributed by atoms with Gasteiger partial charge in [-0.05, 0) is 24.5 Å². The fraction of sp³-hybridized carbons (Fsp3) is 0.611. The van der Waals surface area contributed by atoms with Crippen molar-refractivity contribution in [3.63, 3.8) is 0 Å². The van der Waals surface area contributed by atoms with Crippen LogP contribution < -0.4 is 10.6 Å². The fourth-order valence-electron chi connectivity index (χ4n) is 3.65. The highest BCUT2D eigenvalue weighted by Crippen LogP contribution is 2.24. The Hall–Kier alpha value is -1.95. The summed E-state index contributed by atoms with van der Waals surface area (Å²) in [6.45, 7) is 2.23. The molecule has 1 atom stereocenters. The molecule has 2 amide bonds. The van der Waals surface area contributed by atoms with Gasteiger partial charge in [0.25, 0.3) is 0 Å². The first-order chi connectivity index (χ1) is 11.8. The van der Waals surface area contributed by atoms with E-state index < -0.39 is 0 Å². The van der Waals surface area contributed by atoms with Gasteiger partial charge in [0.15, 0.2) is 0 Å². The minimum Gasteiger partial charge on any atom is -0.347 e. The van der Waals surface area contributed by atoms with Crippen LogP contribution in [-0.4, -0.2) is 47.9 Å². The average Bonchev–Trinajstić information content (AvgIpc) is 2.67. The molecule has 1 saturated heterocycles. The van der Waals surface area contributed by atoms with Crippen molar-refractivity contribution in [2.75, 3.05) is 26.2 Å². The van der Waals surface area contributed by atoms with Crippen molar-refractivity contribution < 1.29 is 9.59 Å². The number of hydrogen-bond donors (Lipinski definition) is 2. The van der Waals surface area contributed by atoms with Crippen LogP contribution in [0, 0.1) is 5.92 Å². The van der Waals surface area contributed by atoms with Crippen LogP contribution in [0.4, 0.5) is 0 Å². The summed E-state index contributed by atoms with van der Waals surface area (Å²) in [5, 5.41) is 6.18. The van der Waals surface area contributed by atoms with Gasteiger partial charge in [-0.2, -0.15) is 0 Å². The van der Waals surface area contributed by atoms with Crippen molar-refractivity contribution in [3.05, 3.63) is 30.1 Å². The van der Waals surface area contributed by atoms with Gasteiger partial charge in [0.1, 0.15) is 0 Å². The quantitative estimate of drug-likeness (QED) is 0.871. The van der Waals surface area contributed by atoms with Crippen LogP contribution in [0.3, 0.4) is 0 Å². The Labute approximate surface area is 143 Å². The van der Waals surface area contributed by atoms with Gasteiger partial charge in [0.05, 0.1) is 12.6 Å². The predicted molar refractivity (Wildman–Crippen MR) is 91.1 cm³/mol. The Balaban J connectivity index is 1.57. The number of nitrogens with one attached hydrogen (secondary N) is 2. The van der Waals surface area contributed by atoms with Crippen molar-refractivity contribution >= 4 is 11.8 Å². The number of carbonyl (C=O) groups excluding carboxylic acids is 2. The second kappa shape index (κ2) is 8.24. The molecule has 1 unspecified atom stereocenters. The number of amides is 2. The zero-order valence-corrected chi connectivity index (χ0v) is 14.0. The molecule has 1 saturated carbocycles. The second-order valence-corrected chi connectivity index (χ2v) is 6.65. The molecule has 1 aromatic rings. The van der Waals surface area contributed by atoms with E-state index in [0.717, 1.165) is 37.8 Å². The standard InChI is InChI=1S/C18H26N4O2/c23-17(13-21-18(24)14-5-2-1-3-6-14)22-10-9-20-12-16(22)15-7-4-8-19-11-15/h4,7-8,11,14,16,20H,1-3,5-6,9-10,12-13H2,(H,21,24). The summed E-state index contributed by atoms with van der Waals surface area (Å²) in [7, 11) is 0. The molecule has 0 aromatic carbocycles. The molecule has 6 nitrogen and oxygen atoms in total. The Kier molecular flexibility index (Phi) is 5.80. The predicted octanol–water partition coefficient (Wildman–Crippen LogP) is 1.25. The van der Waals surface area contributed by atoms with Crippen molar-refractivity contribution in [2.24, 2.45) is 5.92 Å². The molecular formula is C18H26N4O2. The maximum Gasteiger partial charge on any atom is 0.242 e. The highest BCUT2D eigenvalue weighted by Gasteiger charge is 2.29. The van der Waals surface area contributed by atoms with Gasteiger partial charge >= 0.3 is 0 Å². The van der Waals surface area contributed by atoms with E-state index in [2.05, 4.69) is 15.6 Å². The molecule has 0 bridgehead atoms. The number of nitrogens with zero attached hydrogens (tertiary/aromatic N) is 2. The summed E-state index contributed by atoms with van der Waals surface area (Å²) in [4.78, 5) is 30.9. The van der Waals surface area contributed by atoms with Gasteiger partial charge in [0.2, 0.25) is 11.8 Å². The van der Waals surface area contributed by atoms with Crippen molar-refractivity contribution in [1.82, 2.24) is 20.5 Å². The maximum absolute atomic E-state index is 12.6. The highest BCUT2D eigenvalue weighted by molar-refractivity contribution is 5.86. The van der Waals surface area contributed by atoms with Gasteiger partial charge in [0, 0.05) is 37.9 Å². The molecule has 2 aliphatic rings. The number of rotatable bonds is 4. The zero-order chi connectivity index (χ0) is 16.8. The molecule has 0 spiro atoms. The van der Waals surface area contributed by atoms with Gasteiger partial charge < -0.3 is 15.5 Å². The second-order valence-electron chi connectivity index (χ2n) is 6.65. The van der Waals surface area contributed by atoms with Crippen molar-refractivity contribution in [1.29, 1.82) is 0 Å². The van der Waals surface area contributed by atoms with E-state index in [1.54, 1.807) is 12.4 Å². The Morgan fingerprint density at radius 2 is 2.12 bits per heavy atom. The van der Waals surface area contributed by atoms with E-state index in [9.17, 15) is 9.59 Å². The summed E-state index contributed by atoms with van der Waals surface area (Å²) < 4.78 is 0. The summed E-state index contributed by atoms with van der Waals surface area (Å²) in [6.07, 6.45) is 8.89. The topological polar surface area (TPSA) is 74.3 Å². The lowest BCUT2D eigenvalue weighted by Gasteiger charge is -2.36. The van der Waals surface area contributed by atoms with E-state index in [1.165, 1.54) is 6.42 Å². The average molecular weight is 330 g/mol. The molecule has 1 aromatic heterocycles. The Morgan fingerprint density at radius 1 is 1.29 bits per heavy atom. The number of pyridine rings is 1. The smallest absolute Gasteiger partial charge is 0.242 e. The molecule has 6 heteroatoms. The number of carbonyl (C=O) groups is 2. The molecular weight excluding hydrogens is 304 g/mol. The molecule has 2 N–H and O–H groups in total. The lowest BCUT2D eigenvalue weighted by atomic mass is 9.89. The first-order valence-corrected chi connectivity index (χ1v) is 8.93. The molecule has 1 aliphatic heterocycles. The fourth-order valence-corrected chi connectivity index (χ4v) is 3.65. The van der Waals surface area contributed by atoms with Crippen LogP contribution in [0.5, 0.6) is 0 Å². The first kappa shape index (κ1) is 16.9. The number of aromatic nitrogens is 1. The third kappa shape index (κ3) is 4.12. The van der Waals surface area contributed by atoms with Crippen LogP contribution in [0.25, 0.3) is 0 Å². The van der Waals surface area contributed by atoms with Crippen LogP contribution in [0.2, 0.25) is 0 Å². The van der Waals surface area contributed by atoms with Gasteiger partial charge in [-0.1, -0.05) is 25.3 Å². The van der Waals surface area contributed by atoms with Gasteiger partial charge in [-0.25, -0.2) is 0 Å². The minimum atomic E-state index is -0.0217. The van der Waals surface area contributed by atoms with Crippen LogP contribution in [0.15, 0.2) is 24.5 Å². The molecule has 130 valence electrons. The zero-order valence-electron chi connectivity index (χ0n) is 14.0. The normalized spacial score (nSPS) is 22.2. The van der Waals surface area contributed by atoms with Crippen LogP contribution in [-0.2, 0) is 9.59 Å². The summed E-state index contributed by atoms with van der Waals surface area (Å²) >= 11 is 0. The van der Waals surface area contributed by atoms with E-state index in [1.807, 2.05) is 17.0 Å². The van der Waals surface area contributed by atoms with Gasteiger partial charge in [-0.3, -0.25) is 14.6 Å². The minimum absolute atomic E-state index is 0.0190.